The Bertz CT molecular complexity index is 411. The molecule has 18 heavy (non-hydrogen) atoms. The van der Waals surface area contributed by atoms with Gasteiger partial charge in [0.2, 0.25) is 0 Å². The van der Waals surface area contributed by atoms with Crippen molar-refractivity contribution in [2.45, 2.75) is 32.4 Å². The molecular weight excluding hydrogens is 233 g/mol. The summed E-state index contributed by atoms with van der Waals surface area (Å²) < 4.78 is 19.1. The van der Waals surface area contributed by atoms with Crippen molar-refractivity contribution in [2.24, 2.45) is 5.92 Å². The minimum Gasteiger partial charge on any atom is -0.508 e. The van der Waals surface area contributed by atoms with Gasteiger partial charge in [-0.05, 0) is 32.3 Å². The van der Waals surface area contributed by atoms with Gasteiger partial charge in [0.05, 0.1) is 6.10 Å². The van der Waals surface area contributed by atoms with Crippen molar-refractivity contribution < 1.29 is 14.2 Å². The molecule has 0 amide bonds. The molecule has 0 spiro atoms. The first-order chi connectivity index (χ1) is 8.58. The maximum Gasteiger partial charge on any atom is 0.131 e. The second-order valence-electron chi connectivity index (χ2n) is 4.96. The van der Waals surface area contributed by atoms with Crippen molar-refractivity contribution in [3.63, 3.8) is 0 Å². The minimum atomic E-state index is -0.370. The van der Waals surface area contributed by atoms with Crippen LogP contribution in [0.5, 0.6) is 5.75 Å². The molecule has 3 nitrogen and oxygen atoms in total. The van der Waals surface area contributed by atoms with Crippen LogP contribution >= 0.6 is 0 Å². The summed E-state index contributed by atoms with van der Waals surface area (Å²) in [7, 11) is 0. The van der Waals surface area contributed by atoms with Gasteiger partial charge in [0.25, 0.3) is 0 Å². The van der Waals surface area contributed by atoms with Crippen molar-refractivity contribution in [2.75, 3.05) is 13.2 Å². The zero-order valence-corrected chi connectivity index (χ0v) is 10.8. The SMILES string of the molecule is CC(NCC1CCOC1C)c1ccc(O)cc1F. The normalized spacial score (nSPS) is 25.3. The highest BCUT2D eigenvalue weighted by Crippen LogP contribution is 2.23. The Morgan fingerprint density at radius 3 is 2.94 bits per heavy atom. The van der Waals surface area contributed by atoms with E-state index >= 15 is 0 Å². The molecule has 0 radical (unpaired) electrons. The topological polar surface area (TPSA) is 41.5 Å². The van der Waals surface area contributed by atoms with E-state index in [0.717, 1.165) is 25.6 Å². The summed E-state index contributed by atoms with van der Waals surface area (Å²) in [5, 5.41) is 12.5. The number of rotatable bonds is 4. The molecule has 100 valence electrons. The molecule has 1 aliphatic heterocycles. The first kappa shape index (κ1) is 13.3. The molecule has 0 aliphatic carbocycles. The second-order valence-corrected chi connectivity index (χ2v) is 4.96. The molecule has 1 heterocycles. The third-order valence-corrected chi connectivity index (χ3v) is 3.67. The summed E-state index contributed by atoms with van der Waals surface area (Å²) in [5.41, 5.74) is 0.583. The van der Waals surface area contributed by atoms with E-state index in [1.165, 1.54) is 6.07 Å². The fourth-order valence-electron chi connectivity index (χ4n) is 2.35. The number of phenolic OH excluding ortho intramolecular Hbond substituents is 1. The van der Waals surface area contributed by atoms with Gasteiger partial charge in [0.1, 0.15) is 11.6 Å². The van der Waals surface area contributed by atoms with Gasteiger partial charge in [-0.3, -0.25) is 0 Å². The average molecular weight is 253 g/mol. The van der Waals surface area contributed by atoms with Crippen molar-refractivity contribution in [3.8, 4) is 5.75 Å². The Morgan fingerprint density at radius 2 is 2.33 bits per heavy atom. The fourth-order valence-corrected chi connectivity index (χ4v) is 2.35. The zero-order valence-electron chi connectivity index (χ0n) is 10.8. The van der Waals surface area contributed by atoms with Crippen molar-refractivity contribution in [3.05, 3.63) is 29.6 Å². The van der Waals surface area contributed by atoms with Crippen LogP contribution < -0.4 is 5.32 Å². The maximum atomic E-state index is 13.7. The van der Waals surface area contributed by atoms with Crippen LogP contribution in [0.25, 0.3) is 0 Å². The molecule has 3 unspecified atom stereocenters. The Labute approximate surface area is 107 Å². The molecule has 1 aromatic rings. The van der Waals surface area contributed by atoms with Crippen LogP contribution in [-0.2, 0) is 4.74 Å². The van der Waals surface area contributed by atoms with Gasteiger partial charge < -0.3 is 15.2 Å². The summed E-state index contributed by atoms with van der Waals surface area (Å²) >= 11 is 0. The van der Waals surface area contributed by atoms with Gasteiger partial charge >= 0.3 is 0 Å². The van der Waals surface area contributed by atoms with Crippen molar-refractivity contribution in [1.82, 2.24) is 5.32 Å². The summed E-state index contributed by atoms with van der Waals surface area (Å²) in [6.07, 6.45) is 1.33. The van der Waals surface area contributed by atoms with E-state index in [0.29, 0.717) is 11.5 Å². The van der Waals surface area contributed by atoms with E-state index < -0.39 is 0 Å². The molecule has 0 bridgehead atoms. The largest absolute Gasteiger partial charge is 0.508 e. The van der Waals surface area contributed by atoms with Crippen LogP contribution in [0.1, 0.15) is 31.9 Å². The van der Waals surface area contributed by atoms with Crippen molar-refractivity contribution in [1.29, 1.82) is 0 Å². The van der Waals surface area contributed by atoms with E-state index in [2.05, 4.69) is 12.2 Å². The molecule has 2 N–H and O–H groups in total. The Hall–Kier alpha value is -1.13. The lowest BCUT2D eigenvalue weighted by atomic mass is 10.0. The quantitative estimate of drug-likeness (QED) is 0.866. The van der Waals surface area contributed by atoms with E-state index in [4.69, 9.17) is 4.74 Å². The van der Waals surface area contributed by atoms with Crippen LogP contribution in [0, 0.1) is 11.7 Å². The number of benzene rings is 1. The number of hydrogen-bond donors (Lipinski definition) is 2. The molecule has 4 heteroatoms. The number of ether oxygens (including phenoxy) is 1. The highest BCUT2D eigenvalue weighted by molar-refractivity contribution is 5.29. The van der Waals surface area contributed by atoms with E-state index in [1.54, 1.807) is 6.07 Å². The minimum absolute atomic E-state index is 0.0405. The molecule has 3 atom stereocenters. The van der Waals surface area contributed by atoms with Gasteiger partial charge in [-0.15, -0.1) is 0 Å². The zero-order chi connectivity index (χ0) is 13.1. The monoisotopic (exact) mass is 253 g/mol. The molecular formula is C14H20FNO2. The van der Waals surface area contributed by atoms with Crippen molar-refractivity contribution >= 4 is 0 Å². The lowest BCUT2D eigenvalue weighted by Crippen LogP contribution is -2.29. The number of nitrogens with one attached hydrogen (secondary N) is 1. The first-order valence-corrected chi connectivity index (χ1v) is 6.41. The fraction of sp³-hybridized carbons (Fsp3) is 0.571. The van der Waals surface area contributed by atoms with E-state index in [9.17, 15) is 9.50 Å². The van der Waals surface area contributed by atoms with Crippen LogP contribution in [-0.4, -0.2) is 24.4 Å². The molecule has 1 saturated heterocycles. The van der Waals surface area contributed by atoms with Gasteiger partial charge in [-0.25, -0.2) is 4.39 Å². The average Bonchev–Trinajstić information content (AvgIpc) is 2.72. The second kappa shape index (κ2) is 5.67. The molecule has 2 rings (SSSR count). The van der Waals surface area contributed by atoms with Gasteiger partial charge in [-0.1, -0.05) is 6.07 Å². The first-order valence-electron chi connectivity index (χ1n) is 6.41. The Balaban J connectivity index is 1.93. The maximum absolute atomic E-state index is 13.7. The summed E-state index contributed by atoms with van der Waals surface area (Å²) in [6, 6.07) is 4.21. The Kier molecular flexibility index (Phi) is 4.19. The lowest BCUT2D eigenvalue weighted by molar-refractivity contribution is 0.105. The summed E-state index contributed by atoms with van der Waals surface area (Å²) in [5.74, 6) is 0.0830. The molecule has 0 saturated carbocycles. The highest BCUT2D eigenvalue weighted by Gasteiger charge is 2.24. The smallest absolute Gasteiger partial charge is 0.131 e. The van der Waals surface area contributed by atoms with E-state index in [-0.39, 0.29) is 23.7 Å². The predicted molar refractivity (Wildman–Crippen MR) is 68.0 cm³/mol. The Morgan fingerprint density at radius 1 is 1.56 bits per heavy atom. The predicted octanol–water partition coefficient (Wildman–Crippen LogP) is 2.61. The number of aromatic hydroxyl groups is 1. The van der Waals surface area contributed by atoms with Crippen LogP contribution in [0.4, 0.5) is 4.39 Å². The number of halogens is 1. The van der Waals surface area contributed by atoms with Gasteiger partial charge in [-0.2, -0.15) is 0 Å². The summed E-state index contributed by atoms with van der Waals surface area (Å²) in [6.45, 7) is 5.64. The third kappa shape index (κ3) is 3.00. The number of hydrogen-bond acceptors (Lipinski definition) is 3. The third-order valence-electron chi connectivity index (χ3n) is 3.67. The van der Waals surface area contributed by atoms with Crippen LogP contribution in [0.3, 0.4) is 0 Å². The van der Waals surface area contributed by atoms with Gasteiger partial charge in [0, 0.05) is 30.8 Å². The molecule has 1 fully saturated rings. The van der Waals surface area contributed by atoms with Crippen LogP contribution in [0.15, 0.2) is 18.2 Å². The molecule has 1 aliphatic rings. The lowest BCUT2D eigenvalue weighted by Gasteiger charge is -2.20. The van der Waals surface area contributed by atoms with Gasteiger partial charge in [0.15, 0.2) is 0 Å². The summed E-state index contributed by atoms with van der Waals surface area (Å²) in [4.78, 5) is 0. The van der Waals surface area contributed by atoms with E-state index in [1.807, 2.05) is 6.92 Å². The van der Waals surface area contributed by atoms with Crippen LogP contribution in [0.2, 0.25) is 0 Å². The molecule has 1 aromatic carbocycles. The standard InChI is InChI=1S/C14H20FNO2/c1-9(13-4-3-12(17)7-14(13)15)16-8-11-5-6-18-10(11)2/h3-4,7,9-11,16-17H,5-6,8H2,1-2H3. The number of phenols is 1. The highest BCUT2D eigenvalue weighted by atomic mass is 19.1. The molecule has 0 aromatic heterocycles.